The molecule has 3 rings (SSSR count). The van der Waals surface area contributed by atoms with Gasteiger partial charge in [0, 0.05) is 5.92 Å². The Labute approximate surface area is 110 Å². The SMILES string of the molecule is C[Si]1(C)C[C@]2(O)CCC[C@@H]2[C@H](c2ccccc2)O1. The van der Waals surface area contributed by atoms with Crippen LogP contribution >= 0.6 is 0 Å². The molecule has 3 atom stereocenters. The Bertz CT molecular complexity index is 431. The minimum Gasteiger partial charge on any atom is -0.410 e. The zero-order valence-electron chi connectivity index (χ0n) is 11.2. The summed E-state index contributed by atoms with van der Waals surface area (Å²) in [4.78, 5) is 0. The van der Waals surface area contributed by atoms with Gasteiger partial charge < -0.3 is 9.53 Å². The Balaban J connectivity index is 1.97. The van der Waals surface area contributed by atoms with Gasteiger partial charge in [0.15, 0.2) is 8.32 Å². The molecule has 0 amide bonds. The van der Waals surface area contributed by atoms with E-state index >= 15 is 0 Å². The summed E-state index contributed by atoms with van der Waals surface area (Å²) in [5.41, 5.74) is 0.775. The van der Waals surface area contributed by atoms with Gasteiger partial charge in [0.05, 0.1) is 11.7 Å². The molecule has 1 aliphatic carbocycles. The maximum absolute atomic E-state index is 10.9. The van der Waals surface area contributed by atoms with Crippen molar-refractivity contribution < 1.29 is 9.53 Å². The van der Waals surface area contributed by atoms with Gasteiger partial charge in [0.25, 0.3) is 0 Å². The molecule has 2 nitrogen and oxygen atoms in total. The van der Waals surface area contributed by atoms with Crippen molar-refractivity contribution in [2.75, 3.05) is 0 Å². The molecule has 18 heavy (non-hydrogen) atoms. The quantitative estimate of drug-likeness (QED) is 0.785. The van der Waals surface area contributed by atoms with Crippen molar-refractivity contribution in [2.45, 2.75) is 50.1 Å². The third-order valence-corrected chi connectivity index (χ3v) is 6.84. The maximum atomic E-state index is 10.9. The third-order valence-electron chi connectivity index (χ3n) is 4.49. The van der Waals surface area contributed by atoms with Crippen molar-refractivity contribution in [3.63, 3.8) is 0 Å². The molecule has 1 saturated carbocycles. The molecule has 1 heterocycles. The average molecular weight is 262 g/mol. The number of fused-ring (bicyclic) bond motifs is 1. The third kappa shape index (κ3) is 2.04. The zero-order valence-corrected chi connectivity index (χ0v) is 12.2. The Kier molecular flexibility index (Phi) is 2.88. The van der Waals surface area contributed by atoms with Gasteiger partial charge in [-0.25, -0.2) is 0 Å². The van der Waals surface area contributed by atoms with Crippen LogP contribution in [0, 0.1) is 5.92 Å². The molecule has 0 radical (unpaired) electrons. The minimum atomic E-state index is -1.74. The molecular formula is C15H22O2Si. The number of hydrogen-bond donors (Lipinski definition) is 1. The first-order chi connectivity index (χ1) is 8.50. The van der Waals surface area contributed by atoms with Crippen LogP contribution in [0.15, 0.2) is 30.3 Å². The fourth-order valence-electron chi connectivity index (χ4n) is 3.88. The first-order valence-electron chi connectivity index (χ1n) is 6.95. The first-order valence-corrected chi connectivity index (χ1v) is 10.1. The van der Waals surface area contributed by atoms with Crippen LogP contribution in [0.3, 0.4) is 0 Å². The molecular weight excluding hydrogens is 240 g/mol. The van der Waals surface area contributed by atoms with E-state index in [1.54, 1.807) is 0 Å². The molecule has 0 aromatic heterocycles. The normalized spacial score (nSPS) is 38.4. The molecule has 1 aliphatic heterocycles. The highest BCUT2D eigenvalue weighted by atomic mass is 28.4. The van der Waals surface area contributed by atoms with Crippen LogP contribution in [0.25, 0.3) is 0 Å². The van der Waals surface area contributed by atoms with Crippen molar-refractivity contribution in [2.24, 2.45) is 5.92 Å². The van der Waals surface area contributed by atoms with Gasteiger partial charge in [0.2, 0.25) is 0 Å². The predicted molar refractivity (Wildman–Crippen MR) is 74.8 cm³/mol. The minimum absolute atomic E-state index is 0.106. The smallest absolute Gasteiger partial charge is 0.190 e. The fraction of sp³-hybridized carbons (Fsp3) is 0.600. The number of aliphatic hydroxyl groups is 1. The van der Waals surface area contributed by atoms with E-state index in [1.807, 2.05) is 6.07 Å². The lowest BCUT2D eigenvalue weighted by Gasteiger charge is -2.47. The Hall–Kier alpha value is -0.643. The molecule has 2 fully saturated rings. The van der Waals surface area contributed by atoms with Crippen LogP contribution in [-0.2, 0) is 4.43 Å². The van der Waals surface area contributed by atoms with E-state index in [1.165, 1.54) is 5.56 Å². The highest BCUT2D eigenvalue weighted by Crippen LogP contribution is 2.53. The number of hydrogen-bond acceptors (Lipinski definition) is 2. The summed E-state index contributed by atoms with van der Waals surface area (Å²) in [5, 5.41) is 10.9. The van der Waals surface area contributed by atoms with Crippen LogP contribution < -0.4 is 0 Å². The van der Waals surface area contributed by atoms with E-state index in [0.29, 0.717) is 5.92 Å². The van der Waals surface area contributed by atoms with E-state index < -0.39 is 13.9 Å². The molecule has 2 aliphatic rings. The van der Waals surface area contributed by atoms with E-state index in [-0.39, 0.29) is 6.10 Å². The Morgan fingerprint density at radius 1 is 1.28 bits per heavy atom. The lowest BCUT2D eigenvalue weighted by Crippen LogP contribution is -2.53. The monoisotopic (exact) mass is 262 g/mol. The lowest BCUT2D eigenvalue weighted by molar-refractivity contribution is -0.0599. The summed E-state index contributed by atoms with van der Waals surface area (Å²) in [7, 11) is -1.74. The predicted octanol–water partition coefficient (Wildman–Crippen LogP) is 3.49. The standard InChI is InChI=1S/C15H22O2Si/c1-18(2)11-15(16)10-6-9-13(15)14(17-18)12-7-4-3-5-8-12/h3-5,7-8,13-14,16H,6,9-11H2,1-2H3/t13-,14+,15-/m1/s1. The topological polar surface area (TPSA) is 29.5 Å². The van der Waals surface area contributed by atoms with Crippen molar-refractivity contribution in [3.05, 3.63) is 35.9 Å². The van der Waals surface area contributed by atoms with Gasteiger partial charge in [0.1, 0.15) is 0 Å². The second-order valence-corrected chi connectivity index (χ2v) is 10.6. The maximum Gasteiger partial charge on any atom is 0.190 e. The Morgan fingerprint density at radius 2 is 2.00 bits per heavy atom. The van der Waals surface area contributed by atoms with Crippen molar-refractivity contribution >= 4 is 8.32 Å². The molecule has 0 spiro atoms. The summed E-state index contributed by atoms with van der Waals surface area (Å²) in [6.45, 7) is 4.46. The van der Waals surface area contributed by atoms with Gasteiger partial charge >= 0.3 is 0 Å². The van der Waals surface area contributed by atoms with Gasteiger partial charge in [-0.1, -0.05) is 36.8 Å². The van der Waals surface area contributed by atoms with Crippen molar-refractivity contribution in [1.82, 2.24) is 0 Å². The second-order valence-electron chi connectivity index (χ2n) is 6.49. The molecule has 98 valence electrons. The molecule has 1 aromatic rings. The van der Waals surface area contributed by atoms with Crippen LogP contribution in [0.4, 0.5) is 0 Å². The highest BCUT2D eigenvalue weighted by Gasteiger charge is 2.54. The van der Waals surface area contributed by atoms with E-state index in [0.717, 1.165) is 25.3 Å². The van der Waals surface area contributed by atoms with Crippen molar-refractivity contribution in [3.8, 4) is 0 Å². The summed E-state index contributed by atoms with van der Waals surface area (Å²) >= 11 is 0. The molecule has 0 bridgehead atoms. The second kappa shape index (κ2) is 4.19. The first kappa shape index (κ1) is 12.4. The zero-order chi connectivity index (χ0) is 12.8. The lowest BCUT2D eigenvalue weighted by atomic mass is 9.84. The van der Waals surface area contributed by atoms with E-state index in [2.05, 4.69) is 37.4 Å². The summed E-state index contributed by atoms with van der Waals surface area (Å²) in [6.07, 6.45) is 3.30. The molecule has 1 N–H and O–H groups in total. The summed E-state index contributed by atoms with van der Waals surface area (Å²) in [5.74, 6) is 0.292. The molecule has 1 aromatic carbocycles. The molecule has 3 heteroatoms. The Morgan fingerprint density at radius 3 is 2.72 bits per heavy atom. The summed E-state index contributed by atoms with van der Waals surface area (Å²) in [6, 6.07) is 11.3. The van der Waals surface area contributed by atoms with Gasteiger partial charge in [-0.15, -0.1) is 0 Å². The van der Waals surface area contributed by atoms with Gasteiger partial charge in [-0.05, 0) is 37.5 Å². The largest absolute Gasteiger partial charge is 0.410 e. The van der Waals surface area contributed by atoms with Gasteiger partial charge in [-0.3, -0.25) is 0 Å². The van der Waals surface area contributed by atoms with Crippen LogP contribution in [0.2, 0.25) is 19.1 Å². The molecule has 0 unspecified atom stereocenters. The number of benzene rings is 1. The number of rotatable bonds is 1. The average Bonchev–Trinajstić information content (AvgIpc) is 2.68. The summed E-state index contributed by atoms with van der Waals surface area (Å²) < 4.78 is 6.42. The fourth-order valence-corrected chi connectivity index (χ4v) is 6.87. The van der Waals surface area contributed by atoms with Crippen molar-refractivity contribution in [1.29, 1.82) is 0 Å². The van der Waals surface area contributed by atoms with Crippen LogP contribution in [0.1, 0.15) is 30.9 Å². The van der Waals surface area contributed by atoms with E-state index in [4.69, 9.17) is 4.43 Å². The van der Waals surface area contributed by atoms with Crippen LogP contribution in [0.5, 0.6) is 0 Å². The highest BCUT2D eigenvalue weighted by molar-refractivity contribution is 6.71. The van der Waals surface area contributed by atoms with E-state index in [9.17, 15) is 5.11 Å². The van der Waals surface area contributed by atoms with Gasteiger partial charge in [-0.2, -0.15) is 0 Å². The van der Waals surface area contributed by atoms with Crippen LogP contribution in [-0.4, -0.2) is 19.0 Å². The molecule has 1 saturated heterocycles.